The first kappa shape index (κ1) is 21.8. The van der Waals surface area contributed by atoms with Gasteiger partial charge in [0.05, 0.1) is 17.1 Å². The second kappa shape index (κ2) is 8.23. The van der Waals surface area contributed by atoms with Crippen molar-refractivity contribution in [3.8, 4) is 0 Å². The summed E-state index contributed by atoms with van der Waals surface area (Å²) in [5.41, 5.74) is 0.146. The number of nitrogens with one attached hydrogen (secondary N) is 1. The molecule has 1 aromatic heterocycles. The van der Waals surface area contributed by atoms with Gasteiger partial charge < -0.3 is 5.32 Å². The number of hydrogen-bond donors (Lipinski definition) is 1. The van der Waals surface area contributed by atoms with E-state index < -0.39 is 39.6 Å². The largest absolute Gasteiger partial charge is 0.349 e. The maximum Gasteiger partial charge on any atom is 0.276 e. The summed E-state index contributed by atoms with van der Waals surface area (Å²) in [6, 6.07) is 6.05. The van der Waals surface area contributed by atoms with Gasteiger partial charge in [-0.05, 0) is 62.1 Å². The van der Waals surface area contributed by atoms with Crippen molar-refractivity contribution in [3.05, 3.63) is 59.7 Å². The predicted molar refractivity (Wildman–Crippen MR) is 106 cm³/mol. The fourth-order valence-electron chi connectivity index (χ4n) is 3.79. The van der Waals surface area contributed by atoms with E-state index in [2.05, 4.69) is 10.3 Å². The van der Waals surface area contributed by atoms with Crippen LogP contribution in [0.2, 0.25) is 0 Å². The van der Waals surface area contributed by atoms with Crippen LogP contribution in [0, 0.1) is 11.7 Å². The van der Waals surface area contributed by atoms with Gasteiger partial charge in [0.15, 0.2) is 0 Å². The van der Waals surface area contributed by atoms with E-state index in [4.69, 9.17) is 0 Å². The average molecular weight is 453 g/mol. The quantitative estimate of drug-likeness (QED) is 0.699. The highest BCUT2D eigenvalue weighted by atomic mass is 32.2. The smallest absolute Gasteiger partial charge is 0.276 e. The third-order valence-electron chi connectivity index (χ3n) is 5.66. The third-order valence-corrected chi connectivity index (χ3v) is 7.58. The van der Waals surface area contributed by atoms with Crippen molar-refractivity contribution in [2.75, 3.05) is 6.54 Å². The molecule has 1 atom stereocenters. The number of benzene rings is 1. The van der Waals surface area contributed by atoms with E-state index in [1.807, 2.05) is 0 Å². The Morgan fingerprint density at radius 3 is 2.55 bits per heavy atom. The van der Waals surface area contributed by atoms with Gasteiger partial charge in [-0.2, -0.15) is 4.31 Å². The molecule has 1 unspecified atom stereocenters. The number of pyridine rings is 1. The molecule has 1 saturated heterocycles. The number of carbonyl (C=O) groups excluding carboxylic acids is 1. The Labute approximate surface area is 178 Å². The van der Waals surface area contributed by atoms with Gasteiger partial charge in [0.25, 0.3) is 5.92 Å². The highest BCUT2D eigenvalue weighted by molar-refractivity contribution is 7.89. The number of sulfonamides is 1. The topological polar surface area (TPSA) is 79.4 Å². The molecule has 166 valence electrons. The van der Waals surface area contributed by atoms with Gasteiger partial charge in [0.2, 0.25) is 15.9 Å². The SMILES string of the molecule is O=C(NCc1cc(C(F)(F)C2CC2)ccn1)C1CCCN1S(=O)(=O)c1ccc(F)cc1. The fourth-order valence-corrected chi connectivity index (χ4v) is 5.45. The molecule has 0 bridgehead atoms. The lowest BCUT2D eigenvalue weighted by Crippen LogP contribution is -2.45. The standard InChI is InChI=1S/C21H22F3N3O3S/c22-16-5-7-18(8-6-16)31(29,30)27-11-1-2-19(27)20(28)26-13-17-12-15(9-10-25-17)21(23,24)14-3-4-14/h5-10,12,14,19H,1-4,11,13H2,(H,26,28). The minimum Gasteiger partial charge on any atom is -0.349 e. The molecular weight excluding hydrogens is 431 g/mol. The number of halogens is 3. The first-order valence-electron chi connectivity index (χ1n) is 10.1. The van der Waals surface area contributed by atoms with Crippen LogP contribution in [0.3, 0.4) is 0 Å². The second-order valence-electron chi connectivity index (χ2n) is 7.88. The van der Waals surface area contributed by atoms with E-state index in [0.29, 0.717) is 25.7 Å². The monoisotopic (exact) mass is 453 g/mol. The summed E-state index contributed by atoms with van der Waals surface area (Å²) in [6.45, 7) is 0.0769. The van der Waals surface area contributed by atoms with Gasteiger partial charge in [-0.15, -0.1) is 0 Å². The Hall–Kier alpha value is -2.46. The summed E-state index contributed by atoms with van der Waals surface area (Å²) >= 11 is 0. The van der Waals surface area contributed by atoms with E-state index in [1.54, 1.807) is 0 Å². The number of rotatable bonds is 7. The van der Waals surface area contributed by atoms with Crippen LogP contribution < -0.4 is 5.32 Å². The second-order valence-corrected chi connectivity index (χ2v) is 9.77. The highest BCUT2D eigenvalue weighted by Gasteiger charge is 2.48. The summed E-state index contributed by atoms with van der Waals surface area (Å²) in [5.74, 6) is -4.66. The first-order chi connectivity index (χ1) is 14.7. The lowest BCUT2D eigenvalue weighted by Gasteiger charge is -2.23. The molecular formula is C21H22F3N3O3S. The molecule has 10 heteroatoms. The van der Waals surface area contributed by atoms with Gasteiger partial charge in [-0.1, -0.05) is 0 Å². The molecule has 2 aromatic rings. The van der Waals surface area contributed by atoms with Crippen LogP contribution in [0.25, 0.3) is 0 Å². The summed E-state index contributed by atoms with van der Waals surface area (Å²) < 4.78 is 68.7. The summed E-state index contributed by atoms with van der Waals surface area (Å²) in [5, 5.41) is 2.61. The third kappa shape index (κ3) is 4.45. The lowest BCUT2D eigenvalue weighted by molar-refractivity contribution is -0.124. The zero-order valence-electron chi connectivity index (χ0n) is 16.6. The van der Waals surface area contributed by atoms with Crippen LogP contribution in [0.4, 0.5) is 13.2 Å². The molecule has 6 nitrogen and oxygen atoms in total. The lowest BCUT2D eigenvalue weighted by atomic mass is 10.0. The summed E-state index contributed by atoms with van der Waals surface area (Å²) in [6.07, 6.45) is 3.09. The van der Waals surface area contributed by atoms with Crippen LogP contribution in [-0.2, 0) is 27.3 Å². The van der Waals surface area contributed by atoms with Gasteiger partial charge in [-0.3, -0.25) is 9.78 Å². The molecule has 1 amide bonds. The molecule has 0 radical (unpaired) electrons. The number of carbonyl (C=O) groups is 1. The number of alkyl halides is 2. The van der Waals surface area contributed by atoms with Crippen LogP contribution in [0.15, 0.2) is 47.5 Å². The van der Waals surface area contributed by atoms with Crippen molar-refractivity contribution in [3.63, 3.8) is 0 Å². The maximum absolute atomic E-state index is 14.3. The first-order valence-corrected chi connectivity index (χ1v) is 11.5. The van der Waals surface area contributed by atoms with Crippen molar-refractivity contribution in [1.82, 2.24) is 14.6 Å². The van der Waals surface area contributed by atoms with Gasteiger partial charge in [-0.25, -0.2) is 21.6 Å². The molecule has 1 aromatic carbocycles. The van der Waals surface area contributed by atoms with E-state index in [0.717, 1.165) is 28.6 Å². The van der Waals surface area contributed by atoms with Crippen LogP contribution >= 0.6 is 0 Å². The van der Waals surface area contributed by atoms with Crippen molar-refractivity contribution >= 4 is 15.9 Å². The number of aromatic nitrogens is 1. The zero-order chi connectivity index (χ0) is 22.2. The van der Waals surface area contributed by atoms with Crippen molar-refractivity contribution in [2.45, 2.75) is 49.1 Å². The molecule has 31 heavy (non-hydrogen) atoms. The average Bonchev–Trinajstić information content (AvgIpc) is 3.50. The summed E-state index contributed by atoms with van der Waals surface area (Å²) in [7, 11) is -3.97. The van der Waals surface area contributed by atoms with E-state index in [9.17, 15) is 26.4 Å². The Morgan fingerprint density at radius 1 is 1.16 bits per heavy atom. The van der Waals surface area contributed by atoms with Gasteiger partial charge in [0, 0.05) is 24.2 Å². The van der Waals surface area contributed by atoms with Crippen LogP contribution in [-0.4, -0.2) is 36.2 Å². The summed E-state index contributed by atoms with van der Waals surface area (Å²) in [4.78, 5) is 16.7. The highest BCUT2D eigenvalue weighted by Crippen LogP contribution is 2.49. The molecule has 4 rings (SSSR count). The van der Waals surface area contributed by atoms with Crippen molar-refractivity contribution < 1.29 is 26.4 Å². The minimum absolute atomic E-state index is 0.0889. The Kier molecular flexibility index (Phi) is 5.78. The van der Waals surface area contributed by atoms with Gasteiger partial charge in [0.1, 0.15) is 11.9 Å². The van der Waals surface area contributed by atoms with E-state index >= 15 is 0 Å². The Bertz CT molecular complexity index is 1070. The molecule has 2 aliphatic rings. The predicted octanol–water partition coefficient (Wildman–Crippen LogP) is 3.19. The van der Waals surface area contributed by atoms with Crippen molar-refractivity contribution in [1.29, 1.82) is 0 Å². The van der Waals surface area contributed by atoms with Gasteiger partial charge >= 0.3 is 0 Å². The number of amides is 1. The minimum atomic E-state index is -3.97. The Morgan fingerprint density at radius 2 is 1.87 bits per heavy atom. The van der Waals surface area contributed by atoms with Crippen molar-refractivity contribution in [2.24, 2.45) is 5.92 Å². The molecule has 1 N–H and O–H groups in total. The van der Waals surface area contributed by atoms with Crippen LogP contribution in [0.1, 0.15) is 36.9 Å². The normalized spacial score (nSPS) is 20.0. The maximum atomic E-state index is 14.3. The zero-order valence-corrected chi connectivity index (χ0v) is 17.4. The molecule has 1 aliphatic carbocycles. The van der Waals surface area contributed by atoms with Crippen LogP contribution in [0.5, 0.6) is 0 Å². The van der Waals surface area contributed by atoms with E-state index in [-0.39, 0.29) is 29.2 Å². The number of hydrogen-bond acceptors (Lipinski definition) is 4. The fraction of sp³-hybridized carbons (Fsp3) is 0.429. The molecule has 2 heterocycles. The molecule has 1 saturated carbocycles. The van der Waals surface area contributed by atoms with E-state index in [1.165, 1.54) is 18.3 Å². The molecule has 0 spiro atoms. The number of nitrogens with zero attached hydrogens (tertiary/aromatic N) is 2. The molecule has 2 fully saturated rings. The Balaban J connectivity index is 1.44. The molecule has 1 aliphatic heterocycles.